The second-order valence-corrected chi connectivity index (χ2v) is 4.42. The van der Waals surface area contributed by atoms with Gasteiger partial charge in [-0.05, 0) is 39.3 Å². The summed E-state index contributed by atoms with van der Waals surface area (Å²) in [7, 11) is 0. The lowest BCUT2D eigenvalue weighted by Gasteiger charge is -2.28. The third-order valence-corrected chi connectivity index (χ3v) is 2.60. The second-order valence-electron chi connectivity index (χ2n) is 4.42. The Hall–Kier alpha value is -1.58. The molecular formula is C13H20N2O2. The summed E-state index contributed by atoms with van der Waals surface area (Å²) in [5.74, 6) is -0.344. The number of hydrogen-bond acceptors (Lipinski definition) is 3. The fourth-order valence-corrected chi connectivity index (χ4v) is 1.78. The largest absolute Gasteiger partial charge is 0.478 e. The molecule has 0 aliphatic rings. The van der Waals surface area contributed by atoms with Gasteiger partial charge in [0.25, 0.3) is 0 Å². The van der Waals surface area contributed by atoms with E-state index in [-0.39, 0.29) is 11.6 Å². The molecule has 1 aromatic heterocycles. The number of rotatable bonds is 5. The molecule has 0 aliphatic heterocycles. The van der Waals surface area contributed by atoms with Crippen LogP contribution in [0.3, 0.4) is 0 Å². The van der Waals surface area contributed by atoms with Crippen LogP contribution in [-0.4, -0.2) is 28.6 Å². The van der Waals surface area contributed by atoms with Crippen molar-refractivity contribution < 1.29 is 9.90 Å². The predicted octanol–water partition coefficient (Wildman–Crippen LogP) is 2.71. The van der Waals surface area contributed by atoms with Crippen molar-refractivity contribution in [3.05, 3.63) is 23.4 Å². The van der Waals surface area contributed by atoms with Crippen molar-refractivity contribution in [1.82, 2.24) is 4.98 Å². The molecule has 1 rings (SSSR count). The van der Waals surface area contributed by atoms with E-state index < -0.39 is 5.97 Å². The van der Waals surface area contributed by atoms with Gasteiger partial charge in [-0.25, -0.2) is 9.78 Å². The fraction of sp³-hybridized carbons (Fsp3) is 0.538. The van der Waals surface area contributed by atoms with Crippen molar-refractivity contribution in [3.63, 3.8) is 0 Å². The monoisotopic (exact) mass is 236 g/mol. The Labute approximate surface area is 102 Å². The van der Waals surface area contributed by atoms with Crippen LogP contribution in [0, 0.1) is 6.92 Å². The minimum absolute atomic E-state index is 0.238. The van der Waals surface area contributed by atoms with Gasteiger partial charge in [0.2, 0.25) is 0 Å². The zero-order valence-electron chi connectivity index (χ0n) is 10.9. The van der Waals surface area contributed by atoms with Gasteiger partial charge >= 0.3 is 5.97 Å². The molecule has 1 N–H and O–H groups in total. The van der Waals surface area contributed by atoms with E-state index in [9.17, 15) is 9.90 Å². The van der Waals surface area contributed by atoms with Gasteiger partial charge in [-0.1, -0.05) is 6.92 Å². The standard InChI is InChI=1S/C13H20N2O2/c1-5-8-15(9(2)3)12-11(13(16)17)7-6-10(4)14-12/h6-7,9H,5,8H2,1-4H3,(H,16,17). The predicted molar refractivity (Wildman–Crippen MR) is 68.7 cm³/mol. The van der Waals surface area contributed by atoms with Crippen LogP contribution in [-0.2, 0) is 0 Å². The lowest BCUT2D eigenvalue weighted by molar-refractivity contribution is 0.0697. The molecule has 0 unspecified atom stereocenters. The number of nitrogens with zero attached hydrogens (tertiary/aromatic N) is 2. The smallest absolute Gasteiger partial charge is 0.339 e. The Morgan fingerprint density at radius 1 is 1.47 bits per heavy atom. The van der Waals surface area contributed by atoms with Crippen molar-refractivity contribution in [2.24, 2.45) is 0 Å². The summed E-state index contributed by atoms with van der Waals surface area (Å²) in [5, 5.41) is 9.19. The SMILES string of the molecule is CCCN(c1nc(C)ccc1C(=O)O)C(C)C. The highest BCUT2D eigenvalue weighted by molar-refractivity contribution is 5.93. The molecule has 0 bridgehead atoms. The summed E-state index contributed by atoms with van der Waals surface area (Å²) in [6, 6.07) is 3.60. The summed E-state index contributed by atoms with van der Waals surface area (Å²) >= 11 is 0. The lowest BCUT2D eigenvalue weighted by atomic mass is 10.2. The number of anilines is 1. The maximum absolute atomic E-state index is 11.2. The van der Waals surface area contributed by atoms with Crippen molar-refractivity contribution >= 4 is 11.8 Å². The first-order chi connectivity index (χ1) is 7.97. The van der Waals surface area contributed by atoms with Crippen LogP contribution < -0.4 is 4.90 Å². The number of aryl methyl sites for hydroxylation is 1. The third kappa shape index (κ3) is 3.19. The maximum atomic E-state index is 11.2. The molecular weight excluding hydrogens is 216 g/mol. The van der Waals surface area contributed by atoms with Crippen LogP contribution in [0.4, 0.5) is 5.82 Å². The van der Waals surface area contributed by atoms with Crippen LogP contribution in [0.2, 0.25) is 0 Å². The van der Waals surface area contributed by atoms with Gasteiger partial charge in [0.15, 0.2) is 0 Å². The summed E-state index contributed by atoms with van der Waals surface area (Å²) in [6.07, 6.45) is 0.965. The van der Waals surface area contributed by atoms with Crippen LogP contribution >= 0.6 is 0 Å². The quantitative estimate of drug-likeness (QED) is 0.854. The van der Waals surface area contributed by atoms with E-state index in [1.165, 1.54) is 0 Å². The maximum Gasteiger partial charge on any atom is 0.339 e. The summed E-state index contributed by atoms with van der Waals surface area (Å²) in [6.45, 7) is 8.86. The lowest BCUT2D eigenvalue weighted by Crippen LogP contribution is -2.33. The Balaban J connectivity index is 3.24. The number of aromatic carboxylic acids is 1. The molecule has 1 heterocycles. The second kappa shape index (κ2) is 5.66. The number of carbonyl (C=O) groups is 1. The summed E-state index contributed by atoms with van der Waals surface area (Å²) in [4.78, 5) is 17.6. The first kappa shape index (κ1) is 13.5. The van der Waals surface area contributed by atoms with Crippen molar-refractivity contribution in [2.45, 2.75) is 40.2 Å². The first-order valence-corrected chi connectivity index (χ1v) is 5.95. The van der Waals surface area contributed by atoms with Crippen molar-refractivity contribution in [3.8, 4) is 0 Å². The minimum atomic E-state index is -0.922. The molecule has 0 aromatic carbocycles. The number of hydrogen-bond donors (Lipinski definition) is 1. The van der Waals surface area contributed by atoms with Crippen LogP contribution in [0.1, 0.15) is 43.2 Å². The average Bonchev–Trinajstić information content (AvgIpc) is 2.24. The number of aromatic nitrogens is 1. The first-order valence-electron chi connectivity index (χ1n) is 5.95. The van der Waals surface area contributed by atoms with Crippen molar-refractivity contribution in [2.75, 3.05) is 11.4 Å². The molecule has 4 heteroatoms. The number of carboxylic acid groups (broad SMARTS) is 1. The van der Waals surface area contributed by atoms with E-state index in [1.54, 1.807) is 12.1 Å². The Kier molecular flexibility index (Phi) is 4.49. The number of pyridine rings is 1. The Morgan fingerprint density at radius 3 is 2.59 bits per heavy atom. The normalized spacial score (nSPS) is 10.6. The zero-order valence-corrected chi connectivity index (χ0v) is 10.9. The molecule has 0 fully saturated rings. The molecule has 0 amide bonds. The highest BCUT2D eigenvalue weighted by Gasteiger charge is 2.19. The van der Waals surface area contributed by atoms with Gasteiger partial charge in [0.05, 0.1) is 0 Å². The number of carboxylic acids is 1. The Morgan fingerprint density at radius 2 is 2.12 bits per heavy atom. The zero-order chi connectivity index (χ0) is 13.0. The van der Waals surface area contributed by atoms with Crippen LogP contribution in [0.5, 0.6) is 0 Å². The van der Waals surface area contributed by atoms with E-state index in [0.717, 1.165) is 18.7 Å². The van der Waals surface area contributed by atoms with Gasteiger partial charge < -0.3 is 10.0 Å². The molecule has 17 heavy (non-hydrogen) atoms. The van der Waals surface area contributed by atoms with Gasteiger partial charge in [0, 0.05) is 18.3 Å². The van der Waals surface area contributed by atoms with Crippen LogP contribution in [0.25, 0.3) is 0 Å². The summed E-state index contributed by atoms with van der Waals surface area (Å²) < 4.78 is 0. The summed E-state index contributed by atoms with van der Waals surface area (Å²) in [5.41, 5.74) is 1.12. The van der Waals surface area contributed by atoms with Crippen LogP contribution in [0.15, 0.2) is 12.1 Å². The highest BCUT2D eigenvalue weighted by atomic mass is 16.4. The third-order valence-electron chi connectivity index (χ3n) is 2.60. The van der Waals surface area contributed by atoms with E-state index >= 15 is 0 Å². The van der Waals surface area contributed by atoms with Crippen molar-refractivity contribution in [1.29, 1.82) is 0 Å². The van der Waals surface area contributed by atoms with E-state index in [1.807, 2.05) is 25.7 Å². The topological polar surface area (TPSA) is 53.4 Å². The van der Waals surface area contributed by atoms with Gasteiger partial charge in [0.1, 0.15) is 11.4 Å². The molecule has 4 nitrogen and oxygen atoms in total. The molecule has 0 aliphatic carbocycles. The molecule has 0 saturated heterocycles. The van der Waals surface area contributed by atoms with E-state index in [2.05, 4.69) is 11.9 Å². The molecule has 0 atom stereocenters. The van der Waals surface area contributed by atoms with E-state index in [0.29, 0.717) is 5.82 Å². The molecule has 0 saturated carbocycles. The van der Waals surface area contributed by atoms with Gasteiger partial charge in [-0.2, -0.15) is 0 Å². The molecule has 1 aromatic rings. The molecule has 0 spiro atoms. The molecule has 0 radical (unpaired) electrons. The highest BCUT2D eigenvalue weighted by Crippen LogP contribution is 2.21. The van der Waals surface area contributed by atoms with Gasteiger partial charge in [-0.15, -0.1) is 0 Å². The Bertz CT molecular complexity index is 402. The van der Waals surface area contributed by atoms with Gasteiger partial charge in [-0.3, -0.25) is 0 Å². The average molecular weight is 236 g/mol. The molecule has 94 valence electrons. The minimum Gasteiger partial charge on any atom is -0.478 e. The van der Waals surface area contributed by atoms with E-state index in [4.69, 9.17) is 0 Å². The fourth-order valence-electron chi connectivity index (χ4n) is 1.78.